The topological polar surface area (TPSA) is 116 Å². The summed E-state index contributed by atoms with van der Waals surface area (Å²) in [4.78, 5) is 23.7. The van der Waals surface area contributed by atoms with Crippen molar-refractivity contribution in [1.82, 2.24) is 4.90 Å². The summed E-state index contributed by atoms with van der Waals surface area (Å²) in [6.07, 6.45) is 0. The van der Waals surface area contributed by atoms with Crippen LogP contribution in [-0.2, 0) is 0 Å². The molecule has 0 atom stereocenters. The Labute approximate surface area is 115 Å². The fraction of sp³-hybridized carbons (Fsp3) is 0.417. The third-order valence-corrected chi connectivity index (χ3v) is 2.74. The molecule has 1 amide bonds. The predicted octanol–water partition coefficient (Wildman–Crippen LogP) is 0.0633. The molecule has 0 aromatic heterocycles. The van der Waals surface area contributed by atoms with Gasteiger partial charge >= 0.3 is 0 Å². The highest BCUT2D eigenvalue weighted by molar-refractivity contribution is 5.96. The van der Waals surface area contributed by atoms with Crippen molar-refractivity contribution in [2.24, 2.45) is 0 Å². The Hall–Kier alpha value is -2.19. The maximum Gasteiger partial charge on any atom is 0.292 e. The van der Waals surface area contributed by atoms with Crippen molar-refractivity contribution < 1.29 is 19.9 Å². The van der Waals surface area contributed by atoms with E-state index in [4.69, 9.17) is 10.2 Å². The van der Waals surface area contributed by atoms with E-state index in [1.165, 1.54) is 30.1 Å². The van der Waals surface area contributed by atoms with Gasteiger partial charge in [0.05, 0.1) is 18.1 Å². The van der Waals surface area contributed by atoms with Crippen molar-refractivity contribution in [3.8, 4) is 0 Å². The number of carbonyl (C=O) groups is 1. The minimum atomic E-state index is -0.542. The average molecular weight is 283 g/mol. The van der Waals surface area contributed by atoms with Gasteiger partial charge in [0.2, 0.25) is 0 Å². The molecule has 0 spiro atoms. The first-order valence-electron chi connectivity index (χ1n) is 6.02. The van der Waals surface area contributed by atoms with Crippen LogP contribution < -0.4 is 5.32 Å². The molecule has 0 radical (unpaired) electrons. The van der Waals surface area contributed by atoms with Crippen LogP contribution in [0.25, 0.3) is 0 Å². The Morgan fingerprint density at radius 2 is 1.95 bits per heavy atom. The minimum Gasteiger partial charge on any atom is -0.395 e. The number of amides is 1. The molecule has 0 aliphatic carbocycles. The number of nitrogens with one attached hydrogen (secondary N) is 1. The number of nitro groups is 1. The van der Waals surface area contributed by atoms with Crippen molar-refractivity contribution in [1.29, 1.82) is 0 Å². The maximum absolute atomic E-state index is 12.2. The van der Waals surface area contributed by atoms with Crippen LogP contribution in [0.15, 0.2) is 18.2 Å². The van der Waals surface area contributed by atoms with Crippen molar-refractivity contribution in [2.75, 3.05) is 38.7 Å². The summed E-state index contributed by atoms with van der Waals surface area (Å²) in [5, 5.41) is 31.3. The van der Waals surface area contributed by atoms with Crippen LogP contribution in [0.4, 0.5) is 11.4 Å². The van der Waals surface area contributed by atoms with E-state index < -0.39 is 10.8 Å². The van der Waals surface area contributed by atoms with E-state index in [-0.39, 0.29) is 43.2 Å². The molecule has 0 bridgehead atoms. The van der Waals surface area contributed by atoms with Crippen molar-refractivity contribution in [3.05, 3.63) is 33.9 Å². The first kappa shape index (κ1) is 15.9. The van der Waals surface area contributed by atoms with Crippen molar-refractivity contribution in [2.45, 2.75) is 0 Å². The molecule has 1 aromatic rings. The Kier molecular flexibility index (Phi) is 5.88. The van der Waals surface area contributed by atoms with Crippen LogP contribution >= 0.6 is 0 Å². The van der Waals surface area contributed by atoms with Gasteiger partial charge in [-0.3, -0.25) is 14.9 Å². The summed E-state index contributed by atoms with van der Waals surface area (Å²) in [5.41, 5.74) is 0.357. The van der Waals surface area contributed by atoms with Gasteiger partial charge in [-0.05, 0) is 12.1 Å². The number of anilines is 1. The van der Waals surface area contributed by atoms with Gasteiger partial charge in [-0.1, -0.05) is 0 Å². The highest BCUT2D eigenvalue weighted by Gasteiger charge is 2.19. The summed E-state index contributed by atoms with van der Waals surface area (Å²) in [6.45, 7) is -0.272. The van der Waals surface area contributed by atoms with Crippen molar-refractivity contribution >= 4 is 17.3 Å². The SMILES string of the molecule is CNc1cc(C(=O)N(CCO)CCO)ccc1[N+](=O)[O-]. The molecule has 3 N–H and O–H groups in total. The molecule has 8 nitrogen and oxygen atoms in total. The Morgan fingerprint density at radius 3 is 2.40 bits per heavy atom. The first-order chi connectivity index (χ1) is 9.54. The zero-order chi connectivity index (χ0) is 15.1. The first-order valence-corrected chi connectivity index (χ1v) is 6.02. The van der Waals surface area contributed by atoms with E-state index in [0.29, 0.717) is 0 Å². The molecule has 0 saturated heterocycles. The van der Waals surface area contributed by atoms with Crippen LogP contribution in [0.3, 0.4) is 0 Å². The smallest absolute Gasteiger partial charge is 0.292 e. The molecule has 1 rings (SSSR count). The molecule has 0 aliphatic rings. The molecular formula is C12H17N3O5. The van der Waals surface area contributed by atoms with Crippen molar-refractivity contribution in [3.63, 3.8) is 0 Å². The molecule has 0 unspecified atom stereocenters. The van der Waals surface area contributed by atoms with Gasteiger partial charge in [0, 0.05) is 31.8 Å². The van der Waals surface area contributed by atoms with Gasteiger partial charge in [-0.2, -0.15) is 0 Å². The highest BCUT2D eigenvalue weighted by atomic mass is 16.6. The van der Waals surface area contributed by atoms with Crippen LogP contribution in [0.2, 0.25) is 0 Å². The third kappa shape index (κ3) is 3.65. The predicted molar refractivity (Wildman–Crippen MR) is 72.7 cm³/mol. The molecule has 0 saturated carbocycles. The number of nitrogens with zero attached hydrogens (tertiary/aromatic N) is 2. The Balaban J connectivity index is 3.06. The monoisotopic (exact) mass is 283 g/mol. The van der Waals surface area contributed by atoms with Gasteiger partial charge < -0.3 is 20.4 Å². The number of nitro benzene ring substituents is 1. The number of rotatable bonds is 7. The van der Waals surface area contributed by atoms with E-state index >= 15 is 0 Å². The number of hydrogen-bond donors (Lipinski definition) is 3. The Morgan fingerprint density at radius 1 is 1.35 bits per heavy atom. The fourth-order valence-corrected chi connectivity index (χ4v) is 1.77. The lowest BCUT2D eigenvalue weighted by Crippen LogP contribution is -2.35. The molecule has 0 aliphatic heterocycles. The van der Waals surface area contributed by atoms with Gasteiger partial charge in [0.15, 0.2) is 0 Å². The van der Waals surface area contributed by atoms with Gasteiger partial charge in [0.1, 0.15) is 5.69 Å². The highest BCUT2D eigenvalue weighted by Crippen LogP contribution is 2.25. The fourth-order valence-electron chi connectivity index (χ4n) is 1.77. The largest absolute Gasteiger partial charge is 0.395 e. The normalized spacial score (nSPS) is 10.2. The Bertz CT molecular complexity index is 486. The lowest BCUT2D eigenvalue weighted by molar-refractivity contribution is -0.383. The standard InChI is InChI=1S/C12H17N3O5/c1-13-10-8-9(2-3-11(10)15(19)20)12(18)14(4-6-16)5-7-17/h2-3,8,13,16-17H,4-7H2,1H3. The lowest BCUT2D eigenvalue weighted by Gasteiger charge is -2.20. The number of hydrogen-bond acceptors (Lipinski definition) is 6. The van der Waals surface area contributed by atoms with E-state index in [2.05, 4.69) is 5.32 Å². The second-order valence-corrected chi connectivity index (χ2v) is 3.98. The quantitative estimate of drug-likeness (QED) is 0.481. The summed E-state index contributed by atoms with van der Waals surface area (Å²) in [5.74, 6) is -0.403. The van der Waals surface area contributed by atoms with Gasteiger partial charge in [-0.15, -0.1) is 0 Å². The summed E-state index contributed by atoms with van der Waals surface area (Å²) < 4.78 is 0. The molecule has 0 heterocycles. The molecular weight excluding hydrogens is 266 g/mol. The minimum absolute atomic E-state index is 0.0886. The second-order valence-electron chi connectivity index (χ2n) is 3.98. The summed E-state index contributed by atoms with van der Waals surface area (Å²) >= 11 is 0. The van der Waals surface area contributed by atoms with E-state index in [1.807, 2.05) is 0 Å². The lowest BCUT2D eigenvalue weighted by atomic mass is 10.1. The number of aliphatic hydroxyl groups is 2. The molecule has 110 valence electrons. The van der Waals surface area contributed by atoms with Crippen LogP contribution in [-0.4, -0.2) is 59.3 Å². The van der Waals surface area contributed by atoms with Crippen LogP contribution in [0.5, 0.6) is 0 Å². The van der Waals surface area contributed by atoms with Gasteiger partial charge in [0.25, 0.3) is 11.6 Å². The molecule has 8 heteroatoms. The zero-order valence-electron chi connectivity index (χ0n) is 11.1. The van der Waals surface area contributed by atoms with E-state index in [0.717, 1.165) is 0 Å². The summed E-state index contributed by atoms with van der Waals surface area (Å²) in [6, 6.07) is 3.97. The van der Waals surface area contributed by atoms with Gasteiger partial charge in [-0.25, -0.2) is 0 Å². The van der Waals surface area contributed by atoms with Crippen LogP contribution in [0, 0.1) is 10.1 Å². The van der Waals surface area contributed by atoms with E-state index in [9.17, 15) is 14.9 Å². The van der Waals surface area contributed by atoms with E-state index in [1.54, 1.807) is 0 Å². The maximum atomic E-state index is 12.2. The zero-order valence-corrected chi connectivity index (χ0v) is 11.1. The average Bonchev–Trinajstić information content (AvgIpc) is 2.45. The second kappa shape index (κ2) is 7.41. The number of carbonyl (C=O) groups excluding carboxylic acids is 1. The van der Waals surface area contributed by atoms with Crippen LogP contribution in [0.1, 0.15) is 10.4 Å². The number of aliphatic hydroxyl groups excluding tert-OH is 2. The molecule has 20 heavy (non-hydrogen) atoms. The number of benzene rings is 1. The summed E-state index contributed by atoms with van der Waals surface area (Å²) in [7, 11) is 1.52. The third-order valence-electron chi connectivity index (χ3n) is 2.74. The molecule has 1 aromatic carbocycles. The molecule has 0 fully saturated rings.